The maximum absolute atomic E-state index is 9.95. The molecular formula is C9H14O. The first kappa shape index (κ1) is 9.15. The minimum atomic E-state index is 0.837. The van der Waals surface area contributed by atoms with E-state index in [1.165, 1.54) is 0 Å². The molecule has 0 aliphatic heterocycles. The zero-order chi connectivity index (χ0) is 7.82. The van der Waals surface area contributed by atoms with E-state index in [1.807, 2.05) is 13.0 Å². The standard InChI is InChI=1S/C9H14O/c1-3-4-5-6-9(2)7-8-10/h3,7-8H,1,4-6H2,2H3. The number of rotatable bonds is 5. The van der Waals surface area contributed by atoms with Gasteiger partial charge in [0.2, 0.25) is 0 Å². The second-order valence-corrected chi connectivity index (χ2v) is 2.33. The van der Waals surface area contributed by atoms with Crippen molar-refractivity contribution in [3.05, 3.63) is 24.3 Å². The van der Waals surface area contributed by atoms with Crippen LogP contribution in [0.25, 0.3) is 0 Å². The number of carbonyl (C=O) groups is 1. The average Bonchev–Trinajstić information content (AvgIpc) is 1.89. The van der Waals surface area contributed by atoms with Gasteiger partial charge < -0.3 is 0 Å². The molecule has 0 fully saturated rings. The van der Waals surface area contributed by atoms with E-state index in [0.717, 1.165) is 31.1 Å². The van der Waals surface area contributed by atoms with E-state index in [2.05, 4.69) is 6.58 Å². The summed E-state index contributed by atoms with van der Waals surface area (Å²) in [4.78, 5) is 9.95. The van der Waals surface area contributed by atoms with Crippen molar-refractivity contribution in [1.82, 2.24) is 0 Å². The average molecular weight is 138 g/mol. The molecule has 0 aliphatic rings. The fourth-order valence-electron chi connectivity index (χ4n) is 0.725. The van der Waals surface area contributed by atoms with E-state index in [4.69, 9.17) is 0 Å². The predicted molar refractivity (Wildman–Crippen MR) is 43.9 cm³/mol. The Labute approximate surface area is 62.4 Å². The van der Waals surface area contributed by atoms with Crippen LogP contribution in [0.2, 0.25) is 0 Å². The van der Waals surface area contributed by atoms with Crippen LogP contribution in [0.4, 0.5) is 0 Å². The summed E-state index contributed by atoms with van der Waals surface area (Å²) in [7, 11) is 0. The Morgan fingerprint density at radius 2 is 2.30 bits per heavy atom. The first-order valence-corrected chi connectivity index (χ1v) is 3.53. The summed E-state index contributed by atoms with van der Waals surface area (Å²) in [6.07, 6.45) is 7.48. The number of allylic oxidation sites excluding steroid dienone is 3. The normalized spacial score (nSPS) is 11.1. The highest BCUT2D eigenvalue weighted by Crippen LogP contribution is 2.04. The molecule has 0 unspecified atom stereocenters. The second kappa shape index (κ2) is 6.27. The molecule has 56 valence electrons. The number of hydrogen-bond acceptors (Lipinski definition) is 1. The summed E-state index contributed by atoms with van der Waals surface area (Å²) in [5, 5.41) is 0. The lowest BCUT2D eigenvalue weighted by Gasteiger charge is -1.94. The van der Waals surface area contributed by atoms with Crippen LogP contribution in [0.5, 0.6) is 0 Å². The van der Waals surface area contributed by atoms with Crippen LogP contribution in [0, 0.1) is 0 Å². The number of hydrogen-bond donors (Lipinski definition) is 0. The quantitative estimate of drug-likeness (QED) is 0.247. The molecule has 0 saturated carbocycles. The van der Waals surface area contributed by atoms with Gasteiger partial charge in [-0.15, -0.1) is 6.58 Å². The number of aldehydes is 1. The summed E-state index contributed by atoms with van der Waals surface area (Å²) in [5.74, 6) is 0. The van der Waals surface area contributed by atoms with Crippen molar-refractivity contribution in [1.29, 1.82) is 0 Å². The van der Waals surface area contributed by atoms with E-state index >= 15 is 0 Å². The maximum atomic E-state index is 9.95. The molecule has 1 heteroatoms. The van der Waals surface area contributed by atoms with Gasteiger partial charge in [0.1, 0.15) is 6.29 Å². The van der Waals surface area contributed by atoms with Crippen molar-refractivity contribution in [3.8, 4) is 0 Å². The van der Waals surface area contributed by atoms with E-state index in [9.17, 15) is 4.79 Å². The highest BCUT2D eigenvalue weighted by atomic mass is 16.1. The Morgan fingerprint density at radius 3 is 2.80 bits per heavy atom. The second-order valence-electron chi connectivity index (χ2n) is 2.33. The Morgan fingerprint density at radius 1 is 1.60 bits per heavy atom. The van der Waals surface area contributed by atoms with Gasteiger partial charge in [-0.05, 0) is 32.3 Å². The lowest BCUT2D eigenvalue weighted by atomic mass is 10.1. The first-order chi connectivity index (χ1) is 4.81. The minimum absolute atomic E-state index is 0.837. The van der Waals surface area contributed by atoms with E-state index < -0.39 is 0 Å². The Bertz CT molecular complexity index is 134. The molecule has 10 heavy (non-hydrogen) atoms. The van der Waals surface area contributed by atoms with Gasteiger partial charge >= 0.3 is 0 Å². The van der Waals surface area contributed by atoms with Crippen LogP contribution in [0.3, 0.4) is 0 Å². The summed E-state index contributed by atoms with van der Waals surface area (Å²) in [5.41, 5.74) is 1.15. The van der Waals surface area contributed by atoms with Crippen LogP contribution in [-0.4, -0.2) is 6.29 Å². The highest BCUT2D eigenvalue weighted by molar-refractivity contribution is 5.65. The molecule has 0 atom stereocenters. The molecule has 0 aromatic heterocycles. The van der Waals surface area contributed by atoms with Gasteiger partial charge in [0.05, 0.1) is 0 Å². The van der Waals surface area contributed by atoms with Gasteiger partial charge in [-0.2, -0.15) is 0 Å². The van der Waals surface area contributed by atoms with Gasteiger partial charge in [0.15, 0.2) is 0 Å². The molecule has 0 aliphatic carbocycles. The van der Waals surface area contributed by atoms with Crippen LogP contribution < -0.4 is 0 Å². The predicted octanol–water partition coefficient (Wildman–Crippen LogP) is 2.49. The van der Waals surface area contributed by atoms with Gasteiger partial charge in [0.25, 0.3) is 0 Å². The molecule has 0 rings (SSSR count). The van der Waals surface area contributed by atoms with Gasteiger partial charge in [0, 0.05) is 0 Å². The molecular weight excluding hydrogens is 124 g/mol. The minimum Gasteiger partial charge on any atom is -0.299 e. The third-order valence-electron chi connectivity index (χ3n) is 1.33. The van der Waals surface area contributed by atoms with Crippen molar-refractivity contribution < 1.29 is 4.79 Å². The first-order valence-electron chi connectivity index (χ1n) is 3.53. The summed E-state index contributed by atoms with van der Waals surface area (Å²) in [6, 6.07) is 0. The van der Waals surface area contributed by atoms with Crippen molar-refractivity contribution in [2.75, 3.05) is 0 Å². The SMILES string of the molecule is C=CCCCC(C)=CC=O. The van der Waals surface area contributed by atoms with Crippen molar-refractivity contribution in [2.45, 2.75) is 26.2 Å². The molecule has 0 spiro atoms. The van der Waals surface area contributed by atoms with E-state index in [1.54, 1.807) is 6.08 Å². The summed E-state index contributed by atoms with van der Waals surface area (Å²) >= 11 is 0. The Kier molecular flexibility index (Phi) is 5.74. The number of carbonyl (C=O) groups excluding carboxylic acids is 1. The molecule has 1 nitrogen and oxygen atoms in total. The van der Waals surface area contributed by atoms with Crippen molar-refractivity contribution >= 4 is 6.29 Å². The van der Waals surface area contributed by atoms with Gasteiger partial charge in [-0.25, -0.2) is 0 Å². The van der Waals surface area contributed by atoms with Crippen LogP contribution >= 0.6 is 0 Å². The molecule has 0 aromatic carbocycles. The summed E-state index contributed by atoms with van der Waals surface area (Å²) in [6.45, 7) is 5.58. The van der Waals surface area contributed by atoms with Gasteiger partial charge in [-0.1, -0.05) is 11.6 Å². The third kappa shape index (κ3) is 5.29. The zero-order valence-corrected chi connectivity index (χ0v) is 6.47. The molecule has 0 bridgehead atoms. The Balaban J connectivity index is 3.38. The largest absolute Gasteiger partial charge is 0.299 e. The Hall–Kier alpha value is -0.850. The summed E-state index contributed by atoms with van der Waals surface area (Å²) < 4.78 is 0. The van der Waals surface area contributed by atoms with Crippen LogP contribution in [0.15, 0.2) is 24.3 Å². The lowest BCUT2D eigenvalue weighted by molar-refractivity contribution is -0.104. The monoisotopic (exact) mass is 138 g/mol. The molecule has 0 heterocycles. The van der Waals surface area contributed by atoms with Gasteiger partial charge in [-0.3, -0.25) is 4.79 Å². The topological polar surface area (TPSA) is 17.1 Å². The molecule has 0 aromatic rings. The zero-order valence-electron chi connectivity index (χ0n) is 6.47. The van der Waals surface area contributed by atoms with Crippen LogP contribution in [0.1, 0.15) is 26.2 Å². The smallest absolute Gasteiger partial charge is 0.142 e. The van der Waals surface area contributed by atoms with Crippen molar-refractivity contribution in [3.63, 3.8) is 0 Å². The highest BCUT2D eigenvalue weighted by Gasteiger charge is 1.86. The van der Waals surface area contributed by atoms with Crippen LogP contribution in [-0.2, 0) is 4.79 Å². The fourth-order valence-corrected chi connectivity index (χ4v) is 0.725. The molecule has 0 saturated heterocycles. The fraction of sp³-hybridized carbons (Fsp3) is 0.444. The molecule has 0 N–H and O–H groups in total. The third-order valence-corrected chi connectivity index (χ3v) is 1.33. The maximum Gasteiger partial charge on any atom is 0.142 e. The molecule has 0 amide bonds. The van der Waals surface area contributed by atoms with E-state index in [0.29, 0.717) is 0 Å². The van der Waals surface area contributed by atoms with E-state index in [-0.39, 0.29) is 0 Å². The number of unbranched alkanes of at least 4 members (excludes halogenated alkanes) is 1. The molecule has 0 radical (unpaired) electrons. The van der Waals surface area contributed by atoms with Crippen molar-refractivity contribution in [2.24, 2.45) is 0 Å². The lowest BCUT2D eigenvalue weighted by Crippen LogP contribution is -1.77.